The van der Waals surface area contributed by atoms with Crippen LogP contribution in [0, 0.1) is 0 Å². The van der Waals surface area contributed by atoms with Gasteiger partial charge < -0.3 is 40.1 Å². The molecule has 174 valence electrons. The Morgan fingerprint density at radius 1 is 0.625 bits per heavy atom. The second kappa shape index (κ2) is 10.3. The Bertz CT molecular complexity index is 862. The Kier molecular flexibility index (Phi) is 8.38. The number of aliphatic carboxylic acids is 4. The Morgan fingerprint density at radius 3 is 1.19 bits per heavy atom. The Hall–Kier alpha value is -4.04. The predicted octanol–water partition coefficient (Wildman–Crippen LogP) is -1.14. The fourth-order valence-corrected chi connectivity index (χ4v) is 2.34. The molecule has 0 bridgehead atoms. The van der Waals surface area contributed by atoms with Gasteiger partial charge in [-0.2, -0.15) is 0 Å². The zero-order valence-corrected chi connectivity index (χ0v) is 16.1. The lowest BCUT2D eigenvalue weighted by molar-refractivity contribution is -0.170. The molecule has 0 aliphatic carbocycles. The van der Waals surface area contributed by atoms with E-state index in [0.29, 0.717) is 0 Å². The molecular weight excluding hydrogens is 440 g/mol. The summed E-state index contributed by atoms with van der Waals surface area (Å²) in [6.07, 6.45) is -5.20. The van der Waals surface area contributed by atoms with Crippen LogP contribution in [0.1, 0.15) is 25.7 Å². The van der Waals surface area contributed by atoms with Gasteiger partial charge in [0, 0.05) is 0 Å². The van der Waals surface area contributed by atoms with Gasteiger partial charge in [-0.3, -0.25) is 19.2 Å². The van der Waals surface area contributed by atoms with Crippen molar-refractivity contribution in [2.24, 2.45) is 0 Å². The summed E-state index contributed by atoms with van der Waals surface area (Å²) in [5.41, 5.74) is -5.97. The highest BCUT2D eigenvalue weighted by Crippen LogP contribution is 2.29. The van der Waals surface area contributed by atoms with Crippen molar-refractivity contribution in [2.75, 3.05) is 0 Å². The molecule has 32 heavy (non-hydrogen) atoms. The fraction of sp³-hybridized carbons (Fsp3) is 0.333. The van der Waals surface area contributed by atoms with Crippen LogP contribution in [0.2, 0.25) is 0 Å². The highest BCUT2D eigenvalue weighted by Gasteiger charge is 2.43. The Balaban J connectivity index is 2.98. The van der Waals surface area contributed by atoms with Crippen LogP contribution in [-0.4, -0.2) is 77.7 Å². The summed E-state index contributed by atoms with van der Waals surface area (Å²) in [6, 6.07) is 4.72. The van der Waals surface area contributed by atoms with Crippen LogP contribution in [0.15, 0.2) is 24.3 Å². The summed E-state index contributed by atoms with van der Waals surface area (Å²) in [6.45, 7) is 0. The second-order valence-electron chi connectivity index (χ2n) is 6.56. The maximum absolute atomic E-state index is 12.0. The number of esters is 2. The molecule has 14 nitrogen and oxygen atoms in total. The van der Waals surface area contributed by atoms with Gasteiger partial charge in [-0.1, -0.05) is 12.1 Å². The average molecular weight is 458 g/mol. The van der Waals surface area contributed by atoms with E-state index in [9.17, 15) is 39.0 Å². The summed E-state index contributed by atoms with van der Waals surface area (Å²) < 4.78 is 9.62. The zero-order valence-electron chi connectivity index (χ0n) is 16.1. The van der Waals surface area contributed by atoms with Crippen molar-refractivity contribution in [3.05, 3.63) is 24.3 Å². The summed E-state index contributed by atoms with van der Waals surface area (Å²) in [5.74, 6) is -11.2. The smallest absolute Gasteiger partial charge is 0.336 e. The molecule has 6 N–H and O–H groups in total. The molecule has 0 heterocycles. The van der Waals surface area contributed by atoms with E-state index >= 15 is 0 Å². The molecule has 0 aliphatic heterocycles. The van der Waals surface area contributed by atoms with Crippen LogP contribution in [-0.2, 0) is 28.8 Å². The van der Waals surface area contributed by atoms with E-state index in [1.54, 1.807) is 0 Å². The predicted molar refractivity (Wildman–Crippen MR) is 96.6 cm³/mol. The third-order valence-electron chi connectivity index (χ3n) is 3.85. The molecule has 2 atom stereocenters. The molecule has 1 aromatic carbocycles. The van der Waals surface area contributed by atoms with Crippen LogP contribution in [0.3, 0.4) is 0 Å². The van der Waals surface area contributed by atoms with Crippen molar-refractivity contribution in [1.82, 2.24) is 0 Å². The van der Waals surface area contributed by atoms with E-state index in [4.69, 9.17) is 29.9 Å². The number of hydrogen-bond donors (Lipinski definition) is 6. The van der Waals surface area contributed by atoms with Crippen LogP contribution in [0.4, 0.5) is 0 Å². The molecule has 0 aromatic heterocycles. The number of carbonyl (C=O) groups excluding carboxylic acids is 2. The lowest BCUT2D eigenvalue weighted by atomic mass is 9.96. The van der Waals surface area contributed by atoms with E-state index in [0.717, 1.165) is 12.1 Å². The average Bonchev–Trinajstić information content (AvgIpc) is 2.61. The lowest BCUT2D eigenvalue weighted by Crippen LogP contribution is -2.43. The van der Waals surface area contributed by atoms with E-state index in [1.807, 2.05) is 0 Å². The number of para-hydroxylation sites is 2. The number of carboxylic acids is 4. The van der Waals surface area contributed by atoms with Gasteiger partial charge >= 0.3 is 35.8 Å². The van der Waals surface area contributed by atoms with Gasteiger partial charge in [0.25, 0.3) is 0 Å². The van der Waals surface area contributed by atoms with E-state index in [1.165, 1.54) is 12.1 Å². The molecule has 0 aliphatic rings. The summed E-state index contributed by atoms with van der Waals surface area (Å²) in [5, 5.41) is 55.1. The first kappa shape index (κ1) is 26.0. The SMILES string of the molecule is O=C(O)CC(O)(CC(=O)Oc1ccccc1OC(=O)CC(O)(CC(=O)O)C(=O)O)C(=O)O. The molecule has 0 amide bonds. The normalized spacial score (nSPS) is 14.3. The van der Waals surface area contributed by atoms with Crippen molar-refractivity contribution in [1.29, 1.82) is 0 Å². The van der Waals surface area contributed by atoms with Gasteiger partial charge in [0.1, 0.15) is 0 Å². The maximum atomic E-state index is 12.0. The second-order valence-corrected chi connectivity index (χ2v) is 6.56. The number of aliphatic hydroxyl groups is 2. The number of ether oxygens (including phenoxy) is 2. The Morgan fingerprint density at radius 2 is 0.938 bits per heavy atom. The molecule has 0 radical (unpaired) electrons. The van der Waals surface area contributed by atoms with Crippen molar-refractivity contribution < 1.29 is 68.9 Å². The molecule has 1 aromatic rings. The Labute approximate surface area is 178 Å². The molecule has 1 rings (SSSR count). The first-order valence-electron chi connectivity index (χ1n) is 8.54. The van der Waals surface area contributed by atoms with Crippen LogP contribution < -0.4 is 9.47 Å². The van der Waals surface area contributed by atoms with Gasteiger partial charge in [0.15, 0.2) is 22.7 Å². The molecule has 0 saturated heterocycles. The first-order chi connectivity index (χ1) is 14.7. The van der Waals surface area contributed by atoms with Gasteiger partial charge in [-0.15, -0.1) is 0 Å². The highest BCUT2D eigenvalue weighted by molar-refractivity contribution is 5.90. The number of carbonyl (C=O) groups is 6. The minimum Gasteiger partial charge on any atom is -0.481 e. The zero-order chi connectivity index (χ0) is 24.7. The van der Waals surface area contributed by atoms with Crippen LogP contribution in [0.5, 0.6) is 11.5 Å². The maximum Gasteiger partial charge on any atom is 0.336 e. The standard InChI is InChI=1S/C18H18O14/c19-11(20)5-17(29,15(25)26)7-13(23)31-9-3-1-2-4-10(9)32-14(24)8-18(30,16(27)28)6-12(21)22/h1-4,29-30H,5-8H2,(H,19,20)(H,21,22)(H,25,26)(H,27,28). The number of rotatable bonds is 12. The van der Waals surface area contributed by atoms with Crippen molar-refractivity contribution in [3.63, 3.8) is 0 Å². The number of hydrogen-bond acceptors (Lipinski definition) is 10. The van der Waals surface area contributed by atoms with Crippen molar-refractivity contribution >= 4 is 35.8 Å². The van der Waals surface area contributed by atoms with Gasteiger partial charge in [0.05, 0.1) is 25.7 Å². The number of benzene rings is 1. The van der Waals surface area contributed by atoms with Gasteiger partial charge in [-0.05, 0) is 12.1 Å². The molecular formula is C18H18O14. The molecule has 0 spiro atoms. The summed E-state index contributed by atoms with van der Waals surface area (Å²) in [7, 11) is 0. The van der Waals surface area contributed by atoms with E-state index in [2.05, 4.69) is 0 Å². The number of carboxylic acid groups (broad SMARTS) is 4. The van der Waals surface area contributed by atoms with E-state index in [-0.39, 0.29) is 0 Å². The van der Waals surface area contributed by atoms with Crippen LogP contribution >= 0.6 is 0 Å². The quantitative estimate of drug-likeness (QED) is 0.160. The molecule has 14 heteroatoms. The molecule has 0 saturated carbocycles. The van der Waals surface area contributed by atoms with E-state index < -0.39 is 84.2 Å². The van der Waals surface area contributed by atoms with Gasteiger partial charge in [-0.25, -0.2) is 9.59 Å². The minimum atomic E-state index is -2.98. The van der Waals surface area contributed by atoms with Crippen LogP contribution in [0.25, 0.3) is 0 Å². The van der Waals surface area contributed by atoms with Gasteiger partial charge in [0.2, 0.25) is 0 Å². The van der Waals surface area contributed by atoms with Crippen molar-refractivity contribution in [2.45, 2.75) is 36.9 Å². The summed E-state index contributed by atoms with van der Waals surface area (Å²) >= 11 is 0. The first-order valence-corrected chi connectivity index (χ1v) is 8.54. The summed E-state index contributed by atoms with van der Waals surface area (Å²) in [4.78, 5) is 67.8. The third-order valence-corrected chi connectivity index (χ3v) is 3.85. The lowest BCUT2D eigenvalue weighted by Gasteiger charge is -2.21. The monoisotopic (exact) mass is 458 g/mol. The fourth-order valence-electron chi connectivity index (χ4n) is 2.34. The third kappa shape index (κ3) is 7.33. The largest absolute Gasteiger partial charge is 0.481 e. The minimum absolute atomic E-state index is 0.494. The van der Waals surface area contributed by atoms with Crippen molar-refractivity contribution in [3.8, 4) is 11.5 Å². The topological polar surface area (TPSA) is 242 Å². The molecule has 2 unspecified atom stereocenters. The molecule has 0 fully saturated rings. The highest BCUT2D eigenvalue weighted by atomic mass is 16.6.